The Labute approximate surface area is 268 Å². The van der Waals surface area contributed by atoms with Crippen molar-refractivity contribution in [2.45, 2.75) is 102 Å². The van der Waals surface area contributed by atoms with Crippen LogP contribution in [0.4, 0.5) is 10.5 Å². The van der Waals surface area contributed by atoms with E-state index in [0.29, 0.717) is 19.3 Å². The third kappa shape index (κ3) is 7.85. The summed E-state index contributed by atoms with van der Waals surface area (Å²) in [5.74, 6) is -1.92. The van der Waals surface area contributed by atoms with Crippen LogP contribution in [0.5, 0.6) is 0 Å². The lowest BCUT2D eigenvalue weighted by atomic mass is 10.0. The lowest BCUT2D eigenvalue weighted by Crippen LogP contribution is -2.56. The van der Waals surface area contributed by atoms with Crippen LogP contribution in [-0.2, 0) is 23.9 Å². The molecule has 45 heavy (non-hydrogen) atoms. The minimum Gasteiger partial charge on any atom is -0.464 e. The molecule has 3 amide bonds. The third-order valence-electron chi connectivity index (χ3n) is 8.01. The Kier molecular flexibility index (Phi) is 10.6. The SMILES string of the molecule is CCOC(=O)[C@@]12C[C@H]1/C=C\CCCCC[C@H](NC(=O)OC(C)(C)C)C(=O)N1C[C@H](n3ncc(N=[N+]=[N-])c(Br)c3=O)C[C@H]1C(=O)N2. The normalized spacial score (nSPS) is 27.8. The fourth-order valence-electron chi connectivity index (χ4n) is 5.77. The van der Waals surface area contributed by atoms with Crippen LogP contribution in [-0.4, -0.2) is 74.9 Å². The molecule has 2 aliphatic heterocycles. The Morgan fingerprint density at radius 1 is 1.27 bits per heavy atom. The van der Waals surface area contributed by atoms with Crippen LogP contribution >= 0.6 is 15.9 Å². The molecule has 0 spiro atoms. The van der Waals surface area contributed by atoms with Gasteiger partial charge in [0.2, 0.25) is 11.8 Å². The van der Waals surface area contributed by atoms with Gasteiger partial charge in [-0.1, -0.05) is 30.1 Å². The van der Waals surface area contributed by atoms with E-state index in [-0.39, 0.29) is 35.7 Å². The number of halogens is 1. The molecule has 4 rings (SSSR count). The van der Waals surface area contributed by atoms with Crippen molar-refractivity contribution in [1.82, 2.24) is 25.3 Å². The van der Waals surface area contributed by atoms with E-state index < -0.39 is 58.7 Å². The van der Waals surface area contributed by atoms with E-state index in [9.17, 15) is 24.0 Å². The summed E-state index contributed by atoms with van der Waals surface area (Å²) in [6.45, 7) is 6.88. The summed E-state index contributed by atoms with van der Waals surface area (Å²) in [6.07, 6.45) is 8.02. The summed E-state index contributed by atoms with van der Waals surface area (Å²) in [5, 5.41) is 13.2. The molecular formula is C29H39BrN8O7. The summed E-state index contributed by atoms with van der Waals surface area (Å²) in [6, 6.07) is -2.86. The molecule has 2 N–H and O–H groups in total. The first-order valence-electron chi connectivity index (χ1n) is 15.1. The maximum atomic E-state index is 14.2. The van der Waals surface area contributed by atoms with Crippen LogP contribution in [0.3, 0.4) is 0 Å². The molecule has 1 saturated heterocycles. The number of hydrogen-bond acceptors (Lipinski definition) is 9. The number of allylic oxidation sites excluding steroid dienone is 1. The van der Waals surface area contributed by atoms with Crippen LogP contribution in [0.1, 0.15) is 78.7 Å². The van der Waals surface area contributed by atoms with Crippen molar-refractivity contribution in [2.24, 2.45) is 11.0 Å². The van der Waals surface area contributed by atoms with Crippen molar-refractivity contribution in [1.29, 1.82) is 0 Å². The standard InChI is InChI=1S/C29H39BrN8O7/c1-5-44-26(42)29-14-17(29)11-9-7-6-8-10-12-19(33-27(43)45-28(2,3)4)24(40)37-16-18(13-21(37)23(39)34-29)38-25(41)22(30)20(15-32-38)35-36-31/h9,11,15,17-19,21H,5-8,10,12-14,16H2,1-4H3,(H,33,43)(H,34,39)/b11-9-/t17-,18-,19+,21+,29-/m1/s1. The predicted molar refractivity (Wildman–Crippen MR) is 165 cm³/mol. The quantitative estimate of drug-likeness (QED) is 0.152. The van der Waals surface area contributed by atoms with Gasteiger partial charge < -0.3 is 25.0 Å². The number of esters is 1. The number of aromatic nitrogens is 2. The summed E-state index contributed by atoms with van der Waals surface area (Å²) in [5.41, 5.74) is 6.12. The lowest BCUT2D eigenvalue weighted by Gasteiger charge is -2.30. The number of nitrogens with one attached hydrogen (secondary N) is 2. The van der Waals surface area contributed by atoms with Gasteiger partial charge >= 0.3 is 12.1 Å². The molecule has 2 fully saturated rings. The van der Waals surface area contributed by atoms with Crippen molar-refractivity contribution in [3.8, 4) is 0 Å². The highest BCUT2D eigenvalue weighted by Crippen LogP contribution is 2.46. The zero-order valence-corrected chi connectivity index (χ0v) is 27.4. The molecule has 0 aromatic carbocycles. The number of fused-ring (bicyclic) bond motifs is 2. The summed E-state index contributed by atoms with van der Waals surface area (Å²) < 4.78 is 11.9. The monoisotopic (exact) mass is 690 g/mol. The summed E-state index contributed by atoms with van der Waals surface area (Å²) >= 11 is 3.16. The van der Waals surface area contributed by atoms with Crippen molar-refractivity contribution in [3.05, 3.63) is 43.6 Å². The largest absolute Gasteiger partial charge is 0.464 e. The number of carbonyl (C=O) groups is 4. The average molecular weight is 692 g/mol. The smallest absolute Gasteiger partial charge is 0.408 e. The fraction of sp³-hybridized carbons (Fsp3) is 0.655. The number of alkyl carbamates (subject to hydrolysis) is 1. The van der Waals surface area contributed by atoms with Crippen molar-refractivity contribution < 1.29 is 28.7 Å². The molecule has 3 heterocycles. The van der Waals surface area contributed by atoms with E-state index in [2.05, 4.69) is 41.7 Å². The third-order valence-corrected chi connectivity index (χ3v) is 8.76. The predicted octanol–water partition coefficient (Wildman–Crippen LogP) is 3.94. The minimum atomic E-state index is -1.26. The first-order valence-corrected chi connectivity index (χ1v) is 15.9. The molecular weight excluding hydrogens is 652 g/mol. The molecule has 244 valence electrons. The Bertz CT molecular complexity index is 1470. The molecule has 1 aromatic heterocycles. The highest BCUT2D eigenvalue weighted by Gasteiger charge is 2.62. The molecule has 1 saturated carbocycles. The topological polar surface area (TPSA) is 198 Å². The highest BCUT2D eigenvalue weighted by molar-refractivity contribution is 9.10. The number of rotatable bonds is 5. The van der Waals surface area contributed by atoms with Crippen LogP contribution in [0.15, 0.2) is 32.7 Å². The zero-order valence-electron chi connectivity index (χ0n) is 25.8. The molecule has 15 nitrogen and oxygen atoms in total. The Balaban J connectivity index is 1.71. The van der Waals surface area contributed by atoms with Gasteiger partial charge in [-0.25, -0.2) is 14.3 Å². The lowest BCUT2D eigenvalue weighted by molar-refractivity contribution is -0.150. The molecule has 1 aliphatic carbocycles. The van der Waals surface area contributed by atoms with Crippen LogP contribution in [0.2, 0.25) is 0 Å². The van der Waals surface area contributed by atoms with Crippen molar-refractivity contribution in [2.75, 3.05) is 13.2 Å². The summed E-state index contributed by atoms with van der Waals surface area (Å²) in [7, 11) is 0. The minimum absolute atomic E-state index is 0.00362. The maximum Gasteiger partial charge on any atom is 0.408 e. The van der Waals surface area contributed by atoms with Gasteiger partial charge in [-0.15, -0.1) is 0 Å². The average Bonchev–Trinajstić information content (AvgIpc) is 3.47. The van der Waals surface area contributed by atoms with Gasteiger partial charge in [0.25, 0.3) is 5.56 Å². The van der Waals surface area contributed by atoms with E-state index in [1.54, 1.807) is 27.7 Å². The van der Waals surface area contributed by atoms with Gasteiger partial charge in [-0.3, -0.25) is 14.4 Å². The second kappa shape index (κ2) is 14.0. The van der Waals surface area contributed by atoms with Crippen molar-refractivity contribution in [3.63, 3.8) is 0 Å². The molecule has 3 aliphatic rings. The number of amides is 3. The van der Waals surface area contributed by atoms with Gasteiger partial charge in [-0.05, 0) is 74.8 Å². The van der Waals surface area contributed by atoms with Crippen LogP contribution < -0.4 is 16.2 Å². The highest BCUT2D eigenvalue weighted by atomic mass is 79.9. The van der Waals surface area contributed by atoms with Gasteiger partial charge in [0, 0.05) is 23.8 Å². The second-order valence-corrected chi connectivity index (χ2v) is 13.2. The van der Waals surface area contributed by atoms with Gasteiger partial charge in [0.05, 0.1) is 29.0 Å². The van der Waals surface area contributed by atoms with Gasteiger partial charge in [-0.2, -0.15) is 5.10 Å². The first-order chi connectivity index (χ1) is 21.3. The first kappa shape index (κ1) is 34.0. The second-order valence-electron chi connectivity index (χ2n) is 12.4. The van der Waals surface area contributed by atoms with E-state index in [1.165, 1.54) is 11.1 Å². The number of hydrogen-bond donors (Lipinski definition) is 2. The Morgan fingerprint density at radius 3 is 2.71 bits per heavy atom. The van der Waals surface area contributed by atoms with Crippen LogP contribution in [0.25, 0.3) is 10.4 Å². The fourth-order valence-corrected chi connectivity index (χ4v) is 6.13. The Morgan fingerprint density at radius 2 is 2.02 bits per heavy atom. The van der Waals surface area contributed by atoms with Crippen molar-refractivity contribution >= 4 is 45.5 Å². The Hall–Kier alpha value is -3.91. The zero-order chi connectivity index (χ0) is 32.9. The summed E-state index contributed by atoms with van der Waals surface area (Å²) in [4.78, 5) is 71.3. The number of azide groups is 1. The van der Waals surface area contributed by atoms with E-state index in [1.807, 2.05) is 12.2 Å². The molecule has 0 bridgehead atoms. The molecule has 0 unspecified atom stereocenters. The molecule has 16 heteroatoms. The number of ether oxygens (including phenoxy) is 2. The molecule has 0 radical (unpaired) electrons. The van der Waals surface area contributed by atoms with E-state index in [4.69, 9.17) is 15.0 Å². The maximum absolute atomic E-state index is 14.2. The van der Waals surface area contributed by atoms with E-state index >= 15 is 0 Å². The van der Waals surface area contributed by atoms with E-state index in [0.717, 1.165) is 23.9 Å². The van der Waals surface area contributed by atoms with Gasteiger partial charge in [0.15, 0.2) is 0 Å². The number of nitrogens with zero attached hydrogens (tertiary/aromatic N) is 6. The van der Waals surface area contributed by atoms with Gasteiger partial charge in [0.1, 0.15) is 23.2 Å². The molecule has 1 aromatic rings. The molecule has 5 atom stereocenters. The number of carbonyl (C=O) groups excluding carboxylic acids is 4. The van der Waals surface area contributed by atoms with Crippen LogP contribution in [0, 0.1) is 5.92 Å².